The molecule has 2 aliphatic heterocycles. The van der Waals surface area contributed by atoms with Crippen molar-refractivity contribution in [3.8, 4) is 6.07 Å². The number of carbonyl (C=O) groups is 2. The first kappa shape index (κ1) is 17.6. The molecule has 2 saturated heterocycles. The van der Waals surface area contributed by atoms with Gasteiger partial charge in [-0.25, -0.2) is 4.79 Å². The molecule has 2 heterocycles. The summed E-state index contributed by atoms with van der Waals surface area (Å²) in [4.78, 5) is 26.6. The third-order valence-electron chi connectivity index (χ3n) is 5.13. The molecule has 6 heteroatoms. The Labute approximate surface area is 161 Å². The van der Waals surface area contributed by atoms with Gasteiger partial charge in [-0.15, -0.1) is 11.8 Å². The van der Waals surface area contributed by atoms with Gasteiger partial charge in [-0.1, -0.05) is 48.5 Å². The summed E-state index contributed by atoms with van der Waals surface area (Å²) in [6.07, 6.45) is 1.13. The van der Waals surface area contributed by atoms with Crippen LogP contribution in [-0.4, -0.2) is 28.6 Å². The zero-order valence-electron chi connectivity index (χ0n) is 14.6. The van der Waals surface area contributed by atoms with Crippen molar-refractivity contribution in [3.05, 3.63) is 71.3 Å². The third kappa shape index (κ3) is 2.98. The third-order valence-corrected chi connectivity index (χ3v) is 6.73. The molecule has 0 radical (unpaired) electrons. The van der Waals surface area contributed by atoms with E-state index in [0.717, 1.165) is 5.56 Å². The maximum absolute atomic E-state index is 12.8. The van der Waals surface area contributed by atoms with E-state index in [2.05, 4.69) is 6.07 Å². The van der Waals surface area contributed by atoms with Crippen LogP contribution in [0.1, 0.15) is 29.5 Å². The molecule has 2 aromatic carbocycles. The van der Waals surface area contributed by atoms with Gasteiger partial charge in [0.05, 0.1) is 11.6 Å². The molecule has 2 aliphatic rings. The van der Waals surface area contributed by atoms with Gasteiger partial charge in [0, 0.05) is 17.7 Å². The SMILES string of the molecule is N#Cc1ccccc1COC(=O)[C@H]1CS[C@]2(c3ccccc3)CCC(=O)N12. The Balaban J connectivity index is 1.54. The van der Waals surface area contributed by atoms with Gasteiger partial charge in [0.2, 0.25) is 5.91 Å². The van der Waals surface area contributed by atoms with Crippen LogP contribution in [0.25, 0.3) is 0 Å². The molecule has 0 spiro atoms. The molecule has 0 N–H and O–H groups in total. The van der Waals surface area contributed by atoms with Crippen LogP contribution in [0, 0.1) is 11.3 Å². The fourth-order valence-electron chi connectivity index (χ4n) is 3.82. The van der Waals surface area contributed by atoms with Crippen molar-refractivity contribution in [1.82, 2.24) is 4.90 Å². The van der Waals surface area contributed by atoms with E-state index in [9.17, 15) is 9.59 Å². The van der Waals surface area contributed by atoms with Crippen molar-refractivity contribution in [3.63, 3.8) is 0 Å². The van der Waals surface area contributed by atoms with Crippen LogP contribution < -0.4 is 0 Å². The van der Waals surface area contributed by atoms with E-state index in [0.29, 0.717) is 29.7 Å². The predicted molar refractivity (Wildman–Crippen MR) is 101 cm³/mol. The van der Waals surface area contributed by atoms with Crippen LogP contribution >= 0.6 is 11.8 Å². The molecule has 2 atom stereocenters. The molecule has 2 fully saturated rings. The standard InChI is InChI=1S/C21H18N2O3S/c22-12-15-6-4-5-7-16(15)13-26-20(25)18-14-27-21(11-10-19(24)23(18)21)17-8-2-1-3-9-17/h1-9,18H,10-11,13-14H2/t18-,21+/m1/s1. The first-order valence-corrected chi connectivity index (χ1v) is 9.80. The van der Waals surface area contributed by atoms with Crippen molar-refractivity contribution in [1.29, 1.82) is 5.26 Å². The summed E-state index contributed by atoms with van der Waals surface area (Å²) >= 11 is 1.63. The Hall–Kier alpha value is -2.78. The molecule has 0 unspecified atom stereocenters. The summed E-state index contributed by atoms with van der Waals surface area (Å²) in [7, 11) is 0. The molecular weight excluding hydrogens is 360 g/mol. The van der Waals surface area contributed by atoms with E-state index in [4.69, 9.17) is 10.00 Å². The van der Waals surface area contributed by atoms with Gasteiger partial charge in [-0.3, -0.25) is 4.79 Å². The second kappa shape index (κ2) is 7.09. The van der Waals surface area contributed by atoms with Crippen LogP contribution in [0.2, 0.25) is 0 Å². The summed E-state index contributed by atoms with van der Waals surface area (Å²) in [5.74, 6) is 0.0887. The number of thioether (sulfide) groups is 1. The number of esters is 1. The Morgan fingerprint density at radius 3 is 2.74 bits per heavy atom. The molecule has 4 rings (SSSR count). The monoisotopic (exact) mass is 378 g/mol. The van der Waals surface area contributed by atoms with Gasteiger partial charge < -0.3 is 9.64 Å². The fourth-order valence-corrected chi connectivity index (χ4v) is 5.45. The van der Waals surface area contributed by atoms with E-state index < -0.39 is 16.9 Å². The van der Waals surface area contributed by atoms with E-state index in [-0.39, 0.29) is 12.5 Å². The highest BCUT2D eigenvalue weighted by atomic mass is 32.2. The number of hydrogen-bond acceptors (Lipinski definition) is 5. The summed E-state index contributed by atoms with van der Waals surface area (Å²) < 4.78 is 5.49. The van der Waals surface area contributed by atoms with Gasteiger partial charge in [0.15, 0.2) is 0 Å². The number of nitrogens with zero attached hydrogens (tertiary/aromatic N) is 2. The van der Waals surface area contributed by atoms with Crippen molar-refractivity contribution < 1.29 is 14.3 Å². The van der Waals surface area contributed by atoms with Gasteiger partial charge in [-0.05, 0) is 18.1 Å². The van der Waals surface area contributed by atoms with Crippen LogP contribution in [0.3, 0.4) is 0 Å². The fraction of sp³-hybridized carbons (Fsp3) is 0.286. The molecule has 136 valence electrons. The van der Waals surface area contributed by atoms with Gasteiger partial charge in [-0.2, -0.15) is 5.26 Å². The van der Waals surface area contributed by atoms with E-state index in [1.54, 1.807) is 40.9 Å². The summed E-state index contributed by atoms with van der Waals surface area (Å²) in [6, 6.07) is 18.4. The number of hydrogen-bond donors (Lipinski definition) is 0. The number of amides is 1. The smallest absolute Gasteiger partial charge is 0.330 e. The molecule has 0 bridgehead atoms. The maximum atomic E-state index is 12.8. The zero-order chi connectivity index (χ0) is 18.9. The lowest BCUT2D eigenvalue weighted by Crippen LogP contribution is -2.46. The quantitative estimate of drug-likeness (QED) is 0.764. The second-order valence-electron chi connectivity index (χ2n) is 6.62. The van der Waals surface area contributed by atoms with Crippen LogP contribution in [0.4, 0.5) is 0 Å². The first-order chi connectivity index (χ1) is 13.2. The highest BCUT2D eigenvalue weighted by Crippen LogP contribution is 2.54. The molecular formula is C21H18N2O3S. The van der Waals surface area contributed by atoms with Gasteiger partial charge in [0.1, 0.15) is 17.5 Å². The normalized spacial score (nSPS) is 23.7. The Morgan fingerprint density at radius 1 is 1.22 bits per heavy atom. The van der Waals surface area contributed by atoms with E-state index >= 15 is 0 Å². The first-order valence-electron chi connectivity index (χ1n) is 8.82. The number of fused-ring (bicyclic) bond motifs is 1. The number of rotatable bonds is 4. The Morgan fingerprint density at radius 2 is 1.96 bits per heavy atom. The number of carbonyl (C=O) groups excluding carboxylic acids is 2. The average Bonchev–Trinajstić information content (AvgIpc) is 3.26. The van der Waals surface area contributed by atoms with E-state index in [1.807, 2.05) is 30.3 Å². The van der Waals surface area contributed by atoms with Crippen molar-refractivity contribution in [2.45, 2.75) is 30.4 Å². The lowest BCUT2D eigenvalue weighted by molar-refractivity contribution is -0.155. The summed E-state index contributed by atoms with van der Waals surface area (Å²) in [5.41, 5.74) is 2.20. The summed E-state index contributed by atoms with van der Waals surface area (Å²) in [5, 5.41) is 9.17. The van der Waals surface area contributed by atoms with Crippen LogP contribution in [0.15, 0.2) is 54.6 Å². The van der Waals surface area contributed by atoms with Crippen molar-refractivity contribution in [2.24, 2.45) is 0 Å². The predicted octanol–water partition coefficient (Wildman–Crippen LogP) is 3.19. The minimum atomic E-state index is -0.598. The molecule has 2 aromatic rings. The molecule has 0 aromatic heterocycles. The second-order valence-corrected chi connectivity index (χ2v) is 7.91. The van der Waals surface area contributed by atoms with Crippen LogP contribution in [0.5, 0.6) is 0 Å². The largest absolute Gasteiger partial charge is 0.459 e. The number of ether oxygens (including phenoxy) is 1. The van der Waals surface area contributed by atoms with Gasteiger partial charge in [0.25, 0.3) is 0 Å². The van der Waals surface area contributed by atoms with Crippen molar-refractivity contribution >= 4 is 23.6 Å². The topological polar surface area (TPSA) is 70.4 Å². The maximum Gasteiger partial charge on any atom is 0.330 e. The number of nitriles is 1. The molecule has 5 nitrogen and oxygen atoms in total. The lowest BCUT2D eigenvalue weighted by Gasteiger charge is -2.33. The molecule has 0 saturated carbocycles. The van der Waals surface area contributed by atoms with Crippen molar-refractivity contribution in [2.75, 3.05) is 5.75 Å². The molecule has 0 aliphatic carbocycles. The summed E-state index contributed by atoms with van der Waals surface area (Å²) in [6.45, 7) is 0.0318. The van der Waals surface area contributed by atoms with Gasteiger partial charge >= 0.3 is 5.97 Å². The minimum Gasteiger partial charge on any atom is -0.459 e. The van der Waals surface area contributed by atoms with Crippen LogP contribution in [-0.2, 0) is 25.8 Å². The Bertz CT molecular complexity index is 925. The highest BCUT2D eigenvalue weighted by Gasteiger charge is 2.57. The molecule has 1 amide bonds. The highest BCUT2D eigenvalue weighted by molar-refractivity contribution is 8.00. The Kier molecular flexibility index (Phi) is 4.63. The average molecular weight is 378 g/mol. The van der Waals surface area contributed by atoms with E-state index in [1.165, 1.54) is 0 Å². The lowest BCUT2D eigenvalue weighted by atomic mass is 10.0. The number of benzene rings is 2. The minimum absolute atomic E-state index is 0.0109. The molecule has 27 heavy (non-hydrogen) atoms. The zero-order valence-corrected chi connectivity index (χ0v) is 15.4.